The highest BCUT2D eigenvalue weighted by atomic mass is 16.7. The van der Waals surface area contributed by atoms with Crippen molar-refractivity contribution in [3.8, 4) is 0 Å². The maximum absolute atomic E-state index is 11.8. The standard InChI is InChI=1S/C19H40N2O3/c1-7-20(8-2)15-11-13-17(5)23-19(22)24-18(6)14-12-16-21(9-3)10-4/h17-18H,7-16H2,1-6H3. The first-order chi connectivity index (χ1) is 11.5. The molecule has 0 N–H and O–H groups in total. The van der Waals surface area contributed by atoms with E-state index < -0.39 is 6.16 Å². The van der Waals surface area contributed by atoms with Crippen molar-refractivity contribution in [2.45, 2.75) is 79.4 Å². The summed E-state index contributed by atoms with van der Waals surface area (Å²) < 4.78 is 10.7. The van der Waals surface area contributed by atoms with Crippen molar-refractivity contribution in [3.05, 3.63) is 0 Å². The number of carbonyl (C=O) groups excluding carboxylic acids is 1. The molecule has 24 heavy (non-hydrogen) atoms. The van der Waals surface area contributed by atoms with Gasteiger partial charge in [-0.05, 0) is 78.8 Å². The first kappa shape index (κ1) is 23.2. The Labute approximate surface area is 149 Å². The van der Waals surface area contributed by atoms with Gasteiger partial charge >= 0.3 is 6.16 Å². The second kappa shape index (κ2) is 14.5. The fraction of sp³-hybridized carbons (Fsp3) is 0.947. The topological polar surface area (TPSA) is 42.0 Å². The molecule has 0 aromatic carbocycles. The molecule has 2 unspecified atom stereocenters. The summed E-state index contributed by atoms with van der Waals surface area (Å²) >= 11 is 0. The van der Waals surface area contributed by atoms with Crippen LogP contribution in [0.2, 0.25) is 0 Å². The van der Waals surface area contributed by atoms with Gasteiger partial charge in [-0.2, -0.15) is 0 Å². The zero-order chi connectivity index (χ0) is 18.4. The summed E-state index contributed by atoms with van der Waals surface area (Å²) in [5, 5.41) is 0. The highest BCUT2D eigenvalue weighted by molar-refractivity contribution is 5.60. The largest absolute Gasteiger partial charge is 0.508 e. The van der Waals surface area contributed by atoms with Crippen molar-refractivity contribution < 1.29 is 14.3 Å². The van der Waals surface area contributed by atoms with Crippen molar-refractivity contribution in [2.24, 2.45) is 0 Å². The molecule has 0 aliphatic heterocycles. The lowest BCUT2D eigenvalue weighted by Crippen LogP contribution is -2.26. The molecule has 0 aliphatic carbocycles. The molecule has 0 bridgehead atoms. The van der Waals surface area contributed by atoms with Crippen molar-refractivity contribution in [2.75, 3.05) is 39.3 Å². The van der Waals surface area contributed by atoms with Crippen LogP contribution in [0.5, 0.6) is 0 Å². The summed E-state index contributed by atoms with van der Waals surface area (Å²) in [6.45, 7) is 18.9. The highest BCUT2D eigenvalue weighted by Gasteiger charge is 2.15. The number of carbonyl (C=O) groups is 1. The van der Waals surface area contributed by atoms with Crippen LogP contribution in [-0.4, -0.2) is 67.4 Å². The summed E-state index contributed by atoms with van der Waals surface area (Å²) in [5.74, 6) is 0. The van der Waals surface area contributed by atoms with Crippen LogP contribution in [0.4, 0.5) is 4.79 Å². The highest BCUT2D eigenvalue weighted by Crippen LogP contribution is 2.08. The van der Waals surface area contributed by atoms with E-state index in [2.05, 4.69) is 37.5 Å². The van der Waals surface area contributed by atoms with E-state index in [0.29, 0.717) is 0 Å². The van der Waals surface area contributed by atoms with E-state index >= 15 is 0 Å². The van der Waals surface area contributed by atoms with Crippen LogP contribution in [0.1, 0.15) is 67.2 Å². The third-order valence-electron chi connectivity index (χ3n) is 4.55. The number of hydrogen-bond acceptors (Lipinski definition) is 5. The first-order valence-electron chi connectivity index (χ1n) is 9.78. The summed E-state index contributed by atoms with van der Waals surface area (Å²) in [6.07, 6.45) is 3.13. The quantitative estimate of drug-likeness (QED) is 0.443. The number of rotatable bonds is 14. The minimum Gasteiger partial charge on any atom is -0.431 e. The Hall–Kier alpha value is -0.810. The zero-order valence-corrected chi connectivity index (χ0v) is 16.8. The van der Waals surface area contributed by atoms with Crippen molar-refractivity contribution in [1.29, 1.82) is 0 Å². The smallest absolute Gasteiger partial charge is 0.431 e. The lowest BCUT2D eigenvalue weighted by molar-refractivity contribution is 0.00191. The van der Waals surface area contributed by atoms with Gasteiger partial charge in [0.05, 0.1) is 0 Å². The van der Waals surface area contributed by atoms with Crippen LogP contribution >= 0.6 is 0 Å². The van der Waals surface area contributed by atoms with E-state index in [4.69, 9.17) is 9.47 Å². The summed E-state index contributed by atoms with van der Waals surface area (Å²) in [7, 11) is 0. The van der Waals surface area contributed by atoms with E-state index in [-0.39, 0.29) is 12.2 Å². The monoisotopic (exact) mass is 344 g/mol. The molecular formula is C19H40N2O3. The van der Waals surface area contributed by atoms with Gasteiger partial charge in [0.1, 0.15) is 12.2 Å². The maximum Gasteiger partial charge on any atom is 0.508 e. The van der Waals surface area contributed by atoms with Gasteiger partial charge in [-0.3, -0.25) is 0 Å². The van der Waals surface area contributed by atoms with Crippen LogP contribution < -0.4 is 0 Å². The molecular weight excluding hydrogens is 304 g/mol. The predicted molar refractivity (Wildman–Crippen MR) is 101 cm³/mol. The molecule has 5 nitrogen and oxygen atoms in total. The van der Waals surface area contributed by atoms with Gasteiger partial charge in [0, 0.05) is 0 Å². The molecule has 0 fully saturated rings. The SMILES string of the molecule is CCN(CC)CCCC(C)OC(=O)OC(C)CCCN(CC)CC. The second-order valence-electron chi connectivity index (χ2n) is 6.45. The lowest BCUT2D eigenvalue weighted by atomic mass is 10.2. The van der Waals surface area contributed by atoms with Crippen LogP contribution in [0.15, 0.2) is 0 Å². The van der Waals surface area contributed by atoms with Crippen LogP contribution in [0.3, 0.4) is 0 Å². The second-order valence-corrected chi connectivity index (χ2v) is 6.45. The van der Waals surface area contributed by atoms with Gasteiger partial charge in [-0.15, -0.1) is 0 Å². The average molecular weight is 345 g/mol. The Morgan fingerprint density at radius 2 is 1.08 bits per heavy atom. The minimum atomic E-state index is -0.527. The van der Waals surface area contributed by atoms with E-state index in [9.17, 15) is 4.79 Å². The van der Waals surface area contributed by atoms with Gasteiger partial charge in [-0.25, -0.2) is 4.79 Å². The first-order valence-corrected chi connectivity index (χ1v) is 9.78. The predicted octanol–water partition coefficient (Wildman–Crippen LogP) is 4.16. The number of hydrogen-bond donors (Lipinski definition) is 0. The number of ether oxygens (including phenoxy) is 2. The fourth-order valence-corrected chi connectivity index (χ4v) is 2.76. The maximum atomic E-state index is 11.8. The molecule has 0 rings (SSSR count). The molecule has 0 aromatic rings. The molecule has 144 valence electrons. The van der Waals surface area contributed by atoms with E-state index in [0.717, 1.165) is 65.0 Å². The van der Waals surface area contributed by atoms with E-state index in [1.807, 2.05) is 13.8 Å². The molecule has 0 radical (unpaired) electrons. The minimum absolute atomic E-state index is 0.0871. The van der Waals surface area contributed by atoms with Gasteiger partial charge in [0.2, 0.25) is 0 Å². The molecule has 0 aromatic heterocycles. The molecule has 5 heteroatoms. The van der Waals surface area contributed by atoms with Crippen LogP contribution in [0, 0.1) is 0 Å². The Kier molecular flexibility index (Phi) is 14.0. The van der Waals surface area contributed by atoms with Crippen molar-refractivity contribution in [3.63, 3.8) is 0 Å². The van der Waals surface area contributed by atoms with Crippen LogP contribution in [0.25, 0.3) is 0 Å². The molecule has 2 atom stereocenters. The Bertz CT molecular complexity index is 277. The summed E-state index contributed by atoms with van der Waals surface area (Å²) in [6, 6.07) is 0. The summed E-state index contributed by atoms with van der Waals surface area (Å²) in [4.78, 5) is 16.6. The Morgan fingerprint density at radius 1 is 0.750 bits per heavy atom. The van der Waals surface area contributed by atoms with E-state index in [1.165, 1.54) is 0 Å². The fourth-order valence-electron chi connectivity index (χ4n) is 2.76. The van der Waals surface area contributed by atoms with E-state index in [1.54, 1.807) is 0 Å². The third kappa shape index (κ3) is 11.7. The van der Waals surface area contributed by atoms with Crippen molar-refractivity contribution in [1.82, 2.24) is 9.80 Å². The molecule has 0 saturated carbocycles. The molecule has 0 heterocycles. The molecule has 0 aliphatic rings. The zero-order valence-electron chi connectivity index (χ0n) is 16.8. The Balaban J connectivity index is 3.82. The number of nitrogens with zero attached hydrogens (tertiary/aromatic N) is 2. The van der Waals surface area contributed by atoms with Gasteiger partial charge in [0.15, 0.2) is 0 Å². The summed E-state index contributed by atoms with van der Waals surface area (Å²) in [5.41, 5.74) is 0. The molecule has 0 spiro atoms. The van der Waals surface area contributed by atoms with Gasteiger partial charge < -0.3 is 19.3 Å². The van der Waals surface area contributed by atoms with Crippen LogP contribution in [-0.2, 0) is 9.47 Å². The Morgan fingerprint density at radius 3 is 1.38 bits per heavy atom. The normalized spacial score (nSPS) is 14.0. The molecule has 0 saturated heterocycles. The van der Waals surface area contributed by atoms with Crippen molar-refractivity contribution >= 4 is 6.16 Å². The average Bonchev–Trinajstić information content (AvgIpc) is 2.55. The molecule has 0 amide bonds. The third-order valence-corrected chi connectivity index (χ3v) is 4.55. The lowest BCUT2D eigenvalue weighted by Gasteiger charge is -2.21. The van der Waals surface area contributed by atoms with Gasteiger partial charge in [-0.1, -0.05) is 27.7 Å². The van der Waals surface area contributed by atoms with Gasteiger partial charge in [0.25, 0.3) is 0 Å².